The Labute approximate surface area is 190 Å². The van der Waals surface area contributed by atoms with Crippen molar-refractivity contribution in [1.82, 2.24) is 24.9 Å². The summed E-state index contributed by atoms with van der Waals surface area (Å²) < 4.78 is 1.70. The lowest BCUT2D eigenvalue weighted by molar-refractivity contribution is 0.0745. The van der Waals surface area contributed by atoms with E-state index >= 15 is 0 Å². The Morgan fingerprint density at radius 2 is 1.97 bits per heavy atom. The van der Waals surface area contributed by atoms with Crippen molar-refractivity contribution in [1.29, 1.82) is 0 Å². The summed E-state index contributed by atoms with van der Waals surface area (Å²) in [5.41, 5.74) is 3.12. The largest absolute Gasteiger partial charge is 0.349 e. The first-order valence-corrected chi connectivity index (χ1v) is 11.9. The van der Waals surface area contributed by atoms with Crippen molar-refractivity contribution in [2.45, 2.75) is 64.6 Å². The molecule has 1 fully saturated rings. The van der Waals surface area contributed by atoms with Crippen molar-refractivity contribution in [3.05, 3.63) is 52.8 Å². The van der Waals surface area contributed by atoms with Crippen LogP contribution in [-0.4, -0.2) is 64.1 Å². The second kappa shape index (κ2) is 10.3. The average molecular weight is 438 g/mol. The van der Waals surface area contributed by atoms with Crippen molar-refractivity contribution in [3.8, 4) is 0 Å². The normalized spacial score (nSPS) is 17.3. The van der Waals surface area contributed by atoms with Gasteiger partial charge in [0.25, 0.3) is 11.8 Å². The molecular formula is C25H35N5O2. The third-order valence-corrected chi connectivity index (χ3v) is 6.72. The molecule has 0 bridgehead atoms. The topological polar surface area (TPSA) is 70.5 Å². The number of likely N-dealkylation sites (N-methyl/N-ethyl adjacent to an activating group) is 1. The van der Waals surface area contributed by atoms with Crippen molar-refractivity contribution in [2.24, 2.45) is 0 Å². The van der Waals surface area contributed by atoms with E-state index in [0.29, 0.717) is 43.6 Å². The van der Waals surface area contributed by atoms with Gasteiger partial charge in [0.1, 0.15) is 5.69 Å². The molecule has 32 heavy (non-hydrogen) atoms. The molecule has 1 aliphatic carbocycles. The van der Waals surface area contributed by atoms with Gasteiger partial charge in [-0.05, 0) is 38.8 Å². The molecular weight excluding hydrogens is 402 g/mol. The zero-order chi connectivity index (χ0) is 22.5. The van der Waals surface area contributed by atoms with E-state index < -0.39 is 0 Å². The van der Waals surface area contributed by atoms with Gasteiger partial charge in [-0.2, -0.15) is 5.10 Å². The van der Waals surface area contributed by atoms with Crippen molar-refractivity contribution >= 4 is 11.8 Å². The van der Waals surface area contributed by atoms with Crippen molar-refractivity contribution < 1.29 is 9.59 Å². The van der Waals surface area contributed by atoms with Gasteiger partial charge in [0.15, 0.2) is 5.69 Å². The molecule has 2 aliphatic rings. The van der Waals surface area contributed by atoms with Gasteiger partial charge in [0.2, 0.25) is 0 Å². The van der Waals surface area contributed by atoms with Gasteiger partial charge in [-0.1, -0.05) is 49.1 Å². The average Bonchev–Trinajstić information content (AvgIpc) is 3.17. The van der Waals surface area contributed by atoms with E-state index in [-0.39, 0.29) is 11.8 Å². The number of hydrogen-bond acceptors (Lipinski definition) is 4. The lowest BCUT2D eigenvalue weighted by atomic mass is 9.94. The van der Waals surface area contributed by atoms with Crippen LogP contribution in [0.5, 0.6) is 0 Å². The highest BCUT2D eigenvalue weighted by molar-refractivity contribution is 5.98. The number of carbonyl (C=O) groups excluding carboxylic acids is 2. The molecule has 172 valence electrons. The Balaban J connectivity index is 1.35. The quantitative estimate of drug-likeness (QED) is 0.722. The Hall–Kier alpha value is -2.67. The first-order chi connectivity index (χ1) is 15.5. The summed E-state index contributed by atoms with van der Waals surface area (Å²) in [6, 6.07) is 10.5. The van der Waals surface area contributed by atoms with Crippen LogP contribution in [0.1, 0.15) is 70.6 Å². The van der Waals surface area contributed by atoms with Crippen LogP contribution >= 0.6 is 0 Å². The molecule has 0 spiro atoms. The Morgan fingerprint density at radius 1 is 1.16 bits per heavy atom. The van der Waals surface area contributed by atoms with Crippen LogP contribution in [0.2, 0.25) is 0 Å². The lowest BCUT2D eigenvalue weighted by Crippen LogP contribution is -2.39. The zero-order valence-corrected chi connectivity index (χ0v) is 19.3. The van der Waals surface area contributed by atoms with E-state index in [1.165, 1.54) is 37.7 Å². The van der Waals surface area contributed by atoms with Crippen LogP contribution in [0.15, 0.2) is 30.3 Å². The number of hydrogen-bond donors (Lipinski definition) is 1. The van der Waals surface area contributed by atoms with Gasteiger partial charge in [-0.15, -0.1) is 0 Å². The number of carbonyl (C=O) groups is 2. The number of fused-ring (bicyclic) bond motifs is 1. The fraction of sp³-hybridized carbons (Fsp3) is 0.560. The first kappa shape index (κ1) is 22.5. The maximum absolute atomic E-state index is 13.2. The maximum Gasteiger partial charge on any atom is 0.272 e. The molecule has 7 heteroatoms. The first-order valence-electron chi connectivity index (χ1n) is 11.9. The standard InChI is InChI=1S/C25H35N5O2/c1-19-8-6-9-20(16-19)18-29-13-7-14-30-23(25(29)32)17-22(27-30)24(31)26-12-15-28(2)21-10-4-3-5-11-21/h6,8-9,16-17,21H,3-5,7,10-15,18H2,1-2H3,(H,26,31). The van der Waals surface area contributed by atoms with Gasteiger partial charge in [0, 0.05) is 44.8 Å². The van der Waals surface area contributed by atoms with E-state index in [0.717, 1.165) is 18.5 Å². The van der Waals surface area contributed by atoms with E-state index in [1.807, 2.05) is 17.0 Å². The van der Waals surface area contributed by atoms with Gasteiger partial charge >= 0.3 is 0 Å². The minimum Gasteiger partial charge on any atom is -0.349 e. The molecule has 7 nitrogen and oxygen atoms in total. The number of rotatable bonds is 7. The number of nitrogens with one attached hydrogen (secondary N) is 1. The molecule has 1 aromatic carbocycles. The van der Waals surface area contributed by atoms with Gasteiger partial charge in [-0.3, -0.25) is 14.3 Å². The highest BCUT2D eigenvalue weighted by atomic mass is 16.2. The van der Waals surface area contributed by atoms with Crippen LogP contribution in [0.25, 0.3) is 0 Å². The fourth-order valence-corrected chi connectivity index (χ4v) is 4.87. The van der Waals surface area contributed by atoms with E-state index in [9.17, 15) is 9.59 Å². The minimum absolute atomic E-state index is 0.0624. The van der Waals surface area contributed by atoms with Crippen LogP contribution in [0.3, 0.4) is 0 Å². The molecule has 2 amide bonds. The van der Waals surface area contributed by atoms with Gasteiger partial charge in [0.05, 0.1) is 0 Å². The van der Waals surface area contributed by atoms with E-state index in [2.05, 4.69) is 41.4 Å². The SMILES string of the molecule is Cc1cccc(CN2CCCn3nc(C(=O)NCCN(C)C4CCCCC4)cc3C2=O)c1. The van der Waals surface area contributed by atoms with E-state index in [1.54, 1.807) is 10.7 Å². The predicted octanol–water partition coefficient (Wildman–Crippen LogP) is 3.23. The third-order valence-electron chi connectivity index (χ3n) is 6.72. The summed E-state index contributed by atoms with van der Waals surface area (Å²) in [5, 5.41) is 7.43. The van der Waals surface area contributed by atoms with Crippen LogP contribution < -0.4 is 5.32 Å². The number of aromatic nitrogens is 2. The number of aryl methyl sites for hydroxylation is 2. The molecule has 1 aliphatic heterocycles. The number of nitrogens with zero attached hydrogens (tertiary/aromatic N) is 4. The molecule has 0 radical (unpaired) electrons. The number of amides is 2. The summed E-state index contributed by atoms with van der Waals surface area (Å²) in [5.74, 6) is -0.270. The maximum atomic E-state index is 13.2. The Kier molecular flexibility index (Phi) is 7.25. The molecule has 1 saturated carbocycles. The molecule has 2 heterocycles. The van der Waals surface area contributed by atoms with Crippen molar-refractivity contribution in [2.75, 3.05) is 26.7 Å². The van der Waals surface area contributed by atoms with E-state index in [4.69, 9.17) is 0 Å². The summed E-state index contributed by atoms with van der Waals surface area (Å²) in [7, 11) is 2.14. The molecule has 0 atom stereocenters. The monoisotopic (exact) mass is 437 g/mol. The summed E-state index contributed by atoms with van der Waals surface area (Å²) in [6.07, 6.45) is 7.26. The van der Waals surface area contributed by atoms with Crippen LogP contribution in [0, 0.1) is 6.92 Å². The van der Waals surface area contributed by atoms with Gasteiger partial charge < -0.3 is 15.1 Å². The Bertz CT molecular complexity index is 948. The lowest BCUT2D eigenvalue weighted by Gasteiger charge is -2.31. The highest BCUT2D eigenvalue weighted by Gasteiger charge is 2.26. The molecule has 0 saturated heterocycles. The molecule has 1 N–H and O–H groups in total. The summed E-state index contributed by atoms with van der Waals surface area (Å²) >= 11 is 0. The fourth-order valence-electron chi connectivity index (χ4n) is 4.87. The third kappa shape index (κ3) is 5.38. The second-order valence-corrected chi connectivity index (χ2v) is 9.24. The number of benzene rings is 1. The van der Waals surface area contributed by atoms with Gasteiger partial charge in [-0.25, -0.2) is 0 Å². The molecule has 0 unspecified atom stereocenters. The smallest absolute Gasteiger partial charge is 0.272 e. The van der Waals surface area contributed by atoms with Crippen LogP contribution in [-0.2, 0) is 13.1 Å². The molecule has 4 rings (SSSR count). The second-order valence-electron chi connectivity index (χ2n) is 9.24. The summed E-state index contributed by atoms with van der Waals surface area (Å²) in [4.78, 5) is 30.1. The molecule has 2 aromatic rings. The predicted molar refractivity (Wildman–Crippen MR) is 125 cm³/mol. The zero-order valence-electron chi connectivity index (χ0n) is 19.3. The minimum atomic E-state index is -0.208. The Morgan fingerprint density at radius 3 is 2.75 bits per heavy atom. The summed E-state index contributed by atoms with van der Waals surface area (Å²) in [6.45, 7) is 5.37. The molecule has 1 aromatic heterocycles. The van der Waals surface area contributed by atoms with Crippen molar-refractivity contribution in [3.63, 3.8) is 0 Å². The highest BCUT2D eigenvalue weighted by Crippen LogP contribution is 2.21. The van der Waals surface area contributed by atoms with Crippen LogP contribution in [0.4, 0.5) is 0 Å².